The SMILES string of the molecule is CC(NC(=O)c1nn(C)c2c1CCNC2)C(=O)Nc1ccc(Cl)cc1. The predicted octanol–water partition coefficient (Wildman–Crippen LogP) is 1.48. The zero-order chi connectivity index (χ0) is 18.0. The molecule has 3 rings (SSSR count). The molecule has 0 saturated heterocycles. The van der Waals surface area contributed by atoms with Gasteiger partial charge in [-0.2, -0.15) is 5.10 Å². The smallest absolute Gasteiger partial charge is 0.272 e. The number of aromatic nitrogens is 2. The fraction of sp³-hybridized carbons (Fsp3) is 0.353. The van der Waals surface area contributed by atoms with E-state index in [0.717, 1.165) is 24.2 Å². The molecule has 0 fully saturated rings. The van der Waals surface area contributed by atoms with Gasteiger partial charge in [0.05, 0.1) is 5.69 Å². The van der Waals surface area contributed by atoms with Gasteiger partial charge in [-0.3, -0.25) is 14.3 Å². The van der Waals surface area contributed by atoms with Crippen LogP contribution in [-0.4, -0.2) is 34.2 Å². The van der Waals surface area contributed by atoms with Crippen molar-refractivity contribution in [3.8, 4) is 0 Å². The molecule has 0 radical (unpaired) electrons. The van der Waals surface area contributed by atoms with Gasteiger partial charge >= 0.3 is 0 Å². The van der Waals surface area contributed by atoms with Gasteiger partial charge in [-0.1, -0.05) is 11.6 Å². The van der Waals surface area contributed by atoms with E-state index in [2.05, 4.69) is 21.0 Å². The minimum absolute atomic E-state index is 0.304. The summed E-state index contributed by atoms with van der Waals surface area (Å²) in [5.74, 6) is -0.639. The van der Waals surface area contributed by atoms with Crippen LogP contribution in [0.25, 0.3) is 0 Å². The Morgan fingerprint density at radius 1 is 1.32 bits per heavy atom. The van der Waals surface area contributed by atoms with E-state index in [4.69, 9.17) is 11.6 Å². The predicted molar refractivity (Wildman–Crippen MR) is 95.6 cm³/mol. The third-order valence-corrected chi connectivity index (χ3v) is 4.44. The van der Waals surface area contributed by atoms with E-state index in [1.54, 1.807) is 35.9 Å². The molecule has 1 aromatic carbocycles. The zero-order valence-corrected chi connectivity index (χ0v) is 14.9. The third-order valence-electron chi connectivity index (χ3n) is 4.19. The number of rotatable bonds is 4. The van der Waals surface area contributed by atoms with E-state index in [-0.39, 0.29) is 11.8 Å². The van der Waals surface area contributed by atoms with Gasteiger partial charge in [0.1, 0.15) is 6.04 Å². The van der Waals surface area contributed by atoms with Crippen LogP contribution in [0.3, 0.4) is 0 Å². The Kier molecular flexibility index (Phi) is 5.06. The van der Waals surface area contributed by atoms with Gasteiger partial charge in [0.2, 0.25) is 5.91 Å². The lowest BCUT2D eigenvalue weighted by atomic mass is 10.1. The first kappa shape index (κ1) is 17.4. The molecule has 2 heterocycles. The third kappa shape index (κ3) is 3.83. The molecular weight excluding hydrogens is 342 g/mol. The van der Waals surface area contributed by atoms with Crippen LogP contribution in [0.2, 0.25) is 5.02 Å². The van der Waals surface area contributed by atoms with Crippen LogP contribution in [-0.2, 0) is 24.8 Å². The van der Waals surface area contributed by atoms with Crippen LogP contribution < -0.4 is 16.0 Å². The average Bonchev–Trinajstić information content (AvgIpc) is 2.94. The van der Waals surface area contributed by atoms with Crippen LogP contribution in [0.15, 0.2) is 24.3 Å². The van der Waals surface area contributed by atoms with Gasteiger partial charge in [0, 0.05) is 29.9 Å². The highest BCUT2D eigenvalue weighted by Crippen LogP contribution is 2.18. The summed E-state index contributed by atoms with van der Waals surface area (Å²) in [6.07, 6.45) is 0.747. The van der Waals surface area contributed by atoms with Crippen molar-refractivity contribution in [2.45, 2.75) is 25.9 Å². The minimum atomic E-state index is -0.692. The Balaban J connectivity index is 1.66. The van der Waals surface area contributed by atoms with E-state index < -0.39 is 6.04 Å². The lowest BCUT2D eigenvalue weighted by Gasteiger charge is -2.16. The van der Waals surface area contributed by atoms with E-state index in [9.17, 15) is 9.59 Å². The van der Waals surface area contributed by atoms with E-state index >= 15 is 0 Å². The summed E-state index contributed by atoms with van der Waals surface area (Å²) < 4.78 is 1.72. The maximum absolute atomic E-state index is 12.5. The number of carbonyl (C=O) groups excluding carboxylic acids is 2. The molecule has 25 heavy (non-hydrogen) atoms. The van der Waals surface area contributed by atoms with E-state index in [0.29, 0.717) is 22.9 Å². The summed E-state index contributed by atoms with van der Waals surface area (Å²) in [7, 11) is 1.82. The van der Waals surface area contributed by atoms with Gasteiger partial charge in [0.15, 0.2) is 5.69 Å². The second-order valence-corrected chi connectivity index (χ2v) is 6.45. The fourth-order valence-electron chi connectivity index (χ4n) is 2.80. The Morgan fingerprint density at radius 3 is 2.76 bits per heavy atom. The molecule has 1 unspecified atom stereocenters. The topological polar surface area (TPSA) is 88.1 Å². The summed E-state index contributed by atoms with van der Waals surface area (Å²) in [6.45, 7) is 3.14. The molecule has 0 saturated carbocycles. The molecular formula is C17H20ClN5O2. The number of benzene rings is 1. The molecule has 3 N–H and O–H groups in total. The monoisotopic (exact) mass is 361 g/mol. The highest BCUT2D eigenvalue weighted by molar-refractivity contribution is 6.30. The zero-order valence-electron chi connectivity index (χ0n) is 14.1. The summed E-state index contributed by atoms with van der Waals surface area (Å²) in [4.78, 5) is 24.8. The highest BCUT2D eigenvalue weighted by atomic mass is 35.5. The Morgan fingerprint density at radius 2 is 2.04 bits per heavy atom. The molecule has 0 aliphatic carbocycles. The normalized spacial score (nSPS) is 14.5. The van der Waals surface area contributed by atoms with Crippen LogP contribution >= 0.6 is 11.6 Å². The first-order chi connectivity index (χ1) is 12.0. The molecule has 1 aliphatic heterocycles. The molecule has 132 valence electrons. The van der Waals surface area contributed by atoms with Crippen LogP contribution in [0, 0.1) is 0 Å². The second-order valence-electron chi connectivity index (χ2n) is 6.02. The number of nitrogens with one attached hydrogen (secondary N) is 3. The number of carbonyl (C=O) groups is 2. The number of anilines is 1. The van der Waals surface area contributed by atoms with Crippen molar-refractivity contribution in [3.05, 3.63) is 46.2 Å². The van der Waals surface area contributed by atoms with Crippen LogP contribution in [0.4, 0.5) is 5.69 Å². The fourth-order valence-corrected chi connectivity index (χ4v) is 2.93. The maximum atomic E-state index is 12.5. The van der Waals surface area contributed by atoms with Gasteiger partial charge in [-0.25, -0.2) is 0 Å². The molecule has 1 aliphatic rings. The van der Waals surface area contributed by atoms with E-state index in [1.165, 1.54) is 0 Å². The lowest BCUT2D eigenvalue weighted by molar-refractivity contribution is -0.117. The molecule has 8 heteroatoms. The molecule has 1 atom stereocenters. The molecule has 1 aromatic heterocycles. The number of nitrogens with zero attached hydrogens (tertiary/aromatic N) is 2. The van der Waals surface area contributed by atoms with Crippen LogP contribution in [0.5, 0.6) is 0 Å². The molecule has 2 aromatic rings. The number of halogens is 1. The van der Waals surface area contributed by atoms with Crippen molar-refractivity contribution in [3.63, 3.8) is 0 Å². The van der Waals surface area contributed by atoms with Crippen molar-refractivity contribution in [2.75, 3.05) is 11.9 Å². The van der Waals surface area contributed by atoms with Crippen molar-refractivity contribution >= 4 is 29.1 Å². The summed E-state index contributed by atoms with van der Waals surface area (Å²) in [5.41, 5.74) is 2.97. The quantitative estimate of drug-likeness (QED) is 0.769. The minimum Gasteiger partial charge on any atom is -0.339 e. The second kappa shape index (κ2) is 7.25. The lowest BCUT2D eigenvalue weighted by Crippen LogP contribution is -2.42. The Hall–Kier alpha value is -2.38. The maximum Gasteiger partial charge on any atom is 0.272 e. The van der Waals surface area contributed by atoms with Crippen molar-refractivity contribution < 1.29 is 9.59 Å². The molecule has 2 amide bonds. The first-order valence-corrected chi connectivity index (χ1v) is 8.46. The Labute approximate surface area is 150 Å². The molecule has 0 bridgehead atoms. The van der Waals surface area contributed by atoms with Gasteiger partial charge in [-0.05, 0) is 44.2 Å². The van der Waals surface area contributed by atoms with Crippen molar-refractivity contribution in [1.29, 1.82) is 0 Å². The largest absolute Gasteiger partial charge is 0.339 e. The number of hydrogen-bond donors (Lipinski definition) is 3. The van der Waals surface area contributed by atoms with Crippen molar-refractivity contribution in [2.24, 2.45) is 7.05 Å². The van der Waals surface area contributed by atoms with Crippen molar-refractivity contribution in [1.82, 2.24) is 20.4 Å². The molecule has 7 nitrogen and oxygen atoms in total. The first-order valence-electron chi connectivity index (χ1n) is 8.08. The number of aryl methyl sites for hydroxylation is 1. The highest BCUT2D eigenvalue weighted by Gasteiger charge is 2.25. The average molecular weight is 362 g/mol. The standard InChI is InChI=1S/C17H20ClN5O2/c1-10(16(24)21-12-5-3-11(18)4-6-12)20-17(25)15-13-7-8-19-9-14(13)23(2)22-15/h3-6,10,19H,7-9H2,1-2H3,(H,20,25)(H,21,24). The van der Waals surface area contributed by atoms with E-state index in [1.807, 2.05) is 7.05 Å². The van der Waals surface area contributed by atoms with Gasteiger partial charge < -0.3 is 16.0 Å². The molecule has 0 spiro atoms. The van der Waals surface area contributed by atoms with Gasteiger partial charge in [-0.15, -0.1) is 0 Å². The summed E-state index contributed by atoms with van der Waals surface area (Å²) >= 11 is 5.82. The Bertz CT molecular complexity index is 800. The number of hydrogen-bond acceptors (Lipinski definition) is 4. The summed E-state index contributed by atoms with van der Waals surface area (Å²) in [6, 6.07) is 6.10. The van der Waals surface area contributed by atoms with Crippen LogP contribution in [0.1, 0.15) is 28.7 Å². The van der Waals surface area contributed by atoms with Gasteiger partial charge in [0.25, 0.3) is 5.91 Å². The number of fused-ring (bicyclic) bond motifs is 1. The number of amides is 2. The summed E-state index contributed by atoms with van der Waals surface area (Å²) in [5, 5.41) is 13.6.